The minimum atomic E-state index is -0.571. The van der Waals surface area contributed by atoms with Crippen molar-refractivity contribution < 1.29 is 13.9 Å². The summed E-state index contributed by atoms with van der Waals surface area (Å²) in [5.41, 5.74) is -0.345. The number of amides is 1. The Balaban J connectivity index is 1.72. The number of nitrogens with zero attached hydrogens (tertiary/aromatic N) is 6. The van der Waals surface area contributed by atoms with E-state index in [1.807, 2.05) is 48.7 Å². The first kappa shape index (κ1) is 26.2. The first-order valence-corrected chi connectivity index (χ1v) is 13.0. The molecule has 35 heavy (non-hydrogen) atoms. The molecule has 3 heterocycles. The number of hydrogen-bond donors (Lipinski definition) is 0. The first-order valence-electron chi connectivity index (χ1n) is 11.8. The average Bonchev–Trinajstić information content (AvgIpc) is 2.71. The van der Waals surface area contributed by atoms with E-state index in [4.69, 9.17) is 21.3 Å². The lowest BCUT2D eigenvalue weighted by Gasteiger charge is -2.46. The molecule has 11 heteroatoms. The number of hydrogen-bond acceptors (Lipinski definition) is 7. The molecule has 0 radical (unpaired) electrons. The highest BCUT2D eigenvalue weighted by atomic mass is 79.9. The average molecular weight is 572 g/mol. The van der Waals surface area contributed by atoms with Gasteiger partial charge in [-0.1, -0.05) is 11.6 Å². The molecular weight excluding hydrogens is 539 g/mol. The standard InChI is InChI=1S/C24H33BrClFN6O2/c1-13-10-33(23(34)35-24(3,4)5)14(2)9-32(13)21-16-8-17(26)18(25)19(27)20(16)28-22(29-21)31-11-15(12-31)30(6)7/h8,13-15H,9-12H2,1-7H3/t13-,14+/m0/s1. The molecule has 2 saturated heterocycles. The molecule has 4 rings (SSSR count). The molecule has 2 aliphatic rings. The lowest BCUT2D eigenvalue weighted by molar-refractivity contribution is 0.0130. The first-order chi connectivity index (χ1) is 16.3. The summed E-state index contributed by atoms with van der Waals surface area (Å²) in [4.78, 5) is 30.4. The topological polar surface area (TPSA) is 65.0 Å². The smallest absolute Gasteiger partial charge is 0.410 e. The van der Waals surface area contributed by atoms with Crippen molar-refractivity contribution in [2.45, 2.75) is 58.3 Å². The Hall–Kier alpha value is -1.91. The number of likely N-dealkylation sites (N-methyl/N-ethyl adjacent to an activating group) is 1. The minimum absolute atomic E-state index is 0.0823. The lowest BCUT2D eigenvalue weighted by atomic mass is 10.1. The van der Waals surface area contributed by atoms with Crippen molar-refractivity contribution in [1.29, 1.82) is 0 Å². The molecule has 2 atom stereocenters. The number of benzene rings is 1. The van der Waals surface area contributed by atoms with Crippen molar-refractivity contribution in [1.82, 2.24) is 19.8 Å². The Bertz CT molecular complexity index is 1140. The van der Waals surface area contributed by atoms with Gasteiger partial charge in [0, 0.05) is 49.7 Å². The van der Waals surface area contributed by atoms with Gasteiger partial charge in [-0.15, -0.1) is 0 Å². The van der Waals surface area contributed by atoms with Crippen LogP contribution in [0, 0.1) is 5.82 Å². The molecule has 2 aliphatic heterocycles. The number of ether oxygens (including phenoxy) is 1. The maximum Gasteiger partial charge on any atom is 0.410 e. The van der Waals surface area contributed by atoms with Crippen LogP contribution in [-0.4, -0.2) is 89.9 Å². The maximum absolute atomic E-state index is 15.3. The van der Waals surface area contributed by atoms with Crippen LogP contribution in [-0.2, 0) is 4.74 Å². The summed E-state index contributed by atoms with van der Waals surface area (Å²) in [6, 6.07) is 1.89. The van der Waals surface area contributed by atoms with E-state index < -0.39 is 11.4 Å². The summed E-state index contributed by atoms with van der Waals surface area (Å²) < 4.78 is 21.1. The van der Waals surface area contributed by atoms with Gasteiger partial charge in [-0.05, 0) is 70.7 Å². The third-order valence-corrected chi connectivity index (χ3v) is 7.86. The second kappa shape index (κ2) is 9.52. The van der Waals surface area contributed by atoms with Crippen LogP contribution in [0.25, 0.3) is 10.9 Å². The molecule has 0 bridgehead atoms. The molecule has 0 unspecified atom stereocenters. The lowest BCUT2D eigenvalue weighted by Crippen LogP contribution is -2.59. The zero-order valence-corrected chi connectivity index (χ0v) is 23.6. The van der Waals surface area contributed by atoms with Crippen molar-refractivity contribution in [2.75, 3.05) is 50.1 Å². The van der Waals surface area contributed by atoms with Gasteiger partial charge in [0.05, 0.1) is 9.50 Å². The minimum Gasteiger partial charge on any atom is -0.444 e. The highest BCUT2D eigenvalue weighted by molar-refractivity contribution is 9.10. The van der Waals surface area contributed by atoms with E-state index in [9.17, 15) is 4.79 Å². The summed E-state index contributed by atoms with van der Waals surface area (Å²) in [7, 11) is 4.08. The number of fused-ring (bicyclic) bond motifs is 1. The largest absolute Gasteiger partial charge is 0.444 e. The summed E-state index contributed by atoms with van der Waals surface area (Å²) in [5.74, 6) is 0.609. The van der Waals surface area contributed by atoms with Crippen LogP contribution in [0.15, 0.2) is 10.5 Å². The molecule has 2 fully saturated rings. The van der Waals surface area contributed by atoms with E-state index in [1.54, 1.807) is 11.0 Å². The van der Waals surface area contributed by atoms with E-state index in [1.165, 1.54) is 0 Å². The molecule has 0 saturated carbocycles. The molecule has 0 spiro atoms. The van der Waals surface area contributed by atoms with E-state index in [-0.39, 0.29) is 33.2 Å². The van der Waals surface area contributed by atoms with Crippen LogP contribution in [0.2, 0.25) is 5.02 Å². The summed E-state index contributed by atoms with van der Waals surface area (Å²) >= 11 is 9.60. The van der Waals surface area contributed by atoms with Crippen molar-refractivity contribution in [2.24, 2.45) is 0 Å². The Morgan fingerprint density at radius 1 is 1.17 bits per heavy atom. The van der Waals surface area contributed by atoms with Crippen LogP contribution in [0.4, 0.5) is 21.0 Å². The molecule has 1 amide bonds. The number of halogens is 3. The maximum atomic E-state index is 15.3. The van der Waals surface area contributed by atoms with Crippen LogP contribution in [0.3, 0.4) is 0 Å². The number of anilines is 2. The van der Waals surface area contributed by atoms with Crippen LogP contribution in [0.1, 0.15) is 34.6 Å². The normalized spacial score (nSPS) is 21.6. The van der Waals surface area contributed by atoms with Gasteiger partial charge in [0.2, 0.25) is 5.95 Å². The van der Waals surface area contributed by atoms with Gasteiger partial charge in [0.15, 0.2) is 5.82 Å². The Morgan fingerprint density at radius 2 is 1.83 bits per heavy atom. The van der Waals surface area contributed by atoms with Crippen molar-refractivity contribution in [3.05, 3.63) is 21.4 Å². The van der Waals surface area contributed by atoms with Gasteiger partial charge in [-0.2, -0.15) is 4.98 Å². The second-order valence-electron chi connectivity index (χ2n) is 10.7. The zero-order chi connectivity index (χ0) is 25.8. The molecule has 1 aromatic heterocycles. The molecule has 2 aromatic rings. The number of carbonyl (C=O) groups excluding carboxylic acids is 1. The highest BCUT2D eigenvalue weighted by Crippen LogP contribution is 2.38. The Morgan fingerprint density at radius 3 is 2.43 bits per heavy atom. The van der Waals surface area contributed by atoms with E-state index in [2.05, 4.69) is 35.6 Å². The number of carbonyl (C=O) groups is 1. The summed E-state index contributed by atoms with van der Waals surface area (Å²) in [5, 5.41) is 0.811. The fraction of sp³-hybridized carbons (Fsp3) is 0.625. The molecule has 1 aromatic carbocycles. The molecule has 0 aliphatic carbocycles. The second-order valence-corrected chi connectivity index (χ2v) is 11.9. The van der Waals surface area contributed by atoms with Gasteiger partial charge in [0.1, 0.15) is 16.9 Å². The van der Waals surface area contributed by atoms with E-state index in [0.717, 1.165) is 13.1 Å². The van der Waals surface area contributed by atoms with E-state index in [0.29, 0.717) is 36.3 Å². The number of aromatic nitrogens is 2. The fourth-order valence-corrected chi connectivity index (χ4v) is 4.94. The SMILES string of the molecule is C[C@@H]1CN(c2nc(N3CC(N(C)C)C3)nc3c(F)c(Br)c(Cl)cc23)[C@@H](C)CN1C(=O)OC(C)(C)C. The van der Waals surface area contributed by atoms with Gasteiger partial charge >= 0.3 is 6.09 Å². The predicted octanol–water partition coefficient (Wildman–Crippen LogP) is 4.77. The van der Waals surface area contributed by atoms with Crippen LogP contribution in [0.5, 0.6) is 0 Å². The number of rotatable bonds is 3. The van der Waals surface area contributed by atoms with Crippen molar-refractivity contribution in [3.8, 4) is 0 Å². The third-order valence-electron chi connectivity index (χ3n) is 6.56. The predicted molar refractivity (Wildman–Crippen MR) is 141 cm³/mol. The highest BCUT2D eigenvalue weighted by Gasteiger charge is 2.37. The monoisotopic (exact) mass is 570 g/mol. The molecular formula is C24H33BrClFN6O2. The quantitative estimate of drug-likeness (QED) is 0.492. The van der Waals surface area contributed by atoms with Crippen molar-refractivity contribution in [3.63, 3.8) is 0 Å². The fourth-order valence-electron chi connectivity index (χ4n) is 4.45. The molecule has 8 nitrogen and oxygen atoms in total. The summed E-state index contributed by atoms with van der Waals surface area (Å²) in [6.07, 6.45) is -0.335. The third kappa shape index (κ3) is 5.15. The van der Waals surface area contributed by atoms with Crippen molar-refractivity contribution >= 4 is 56.3 Å². The Kier molecular flexibility index (Phi) is 7.11. The van der Waals surface area contributed by atoms with Gasteiger partial charge in [-0.3, -0.25) is 0 Å². The van der Waals surface area contributed by atoms with Gasteiger partial charge in [-0.25, -0.2) is 14.2 Å². The van der Waals surface area contributed by atoms with Crippen LogP contribution < -0.4 is 9.80 Å². The summed E-state index contributed by atoms with van der Waals surface area (Å²) in [6.45, 7) is 12.1. The zero-order valence-electron chi connectivity index (χ0n) is 21.3. The van der Waals surface area contributed by atoms with Crippen LogP contribution >= 0.6 is 27.5 Å². The number of piperazine rings is 1. The van der Waals surface area contributed by atoms with E-state index >= 15 is 4.39 Å². The molecule has 0 N–H and O–H groups in total. The Labute approximate surface area is 219 Å². The van der Waals surface area contributed by atoms with Gasteiger partial charge < -0.3 is 24.3 Å². The molecule has 192 valence electrons. The van der Waals surface area contributed by atoms with Gasteiger partial charge in [0.25, 0.3) is 0 Å².